The van der Waals surface area contributed by atoms with Crippen LogP contribution in [0.4, 0.5) is 11.5 Å². The second kappa shape index (κ2) is 3.77. The van der Waals surface area contributed by atoms with Crippen molar-refractivity contribution in [3.8, 4) is 0 Å². The minimum Gasteiger partial charge on any atom is -0.393 e. The van der Waals surface area contributed by atoms with Crippen molar-refractivity contribution in [1.29, 1.82) is 0 Å². The van der Waals surface area contributed by atoms with Crippen LogP contribution >= 0.6 is 11.6 Å². The van der Waals surface area contributed by atoms with Crippen LogP contribution in [0.1, 0.15) is 19.3 Å². The molecule has 2 unspecified atom stereocenters. The molecule has 2 heterocycles. The van der Waals surface area contributed by atoms with Gasteiger partial charge in [0.25, 0.3) is 0 Å². The SMILES string of the molecule is Nc1c(Cl)ncnc1N1CC2CCCC2C1. The van der Waals surface area contributed by atoms with E-state index in [1.165, 1.54) is 25.6 Å². The average molecular weight is 239 g/mol. The van der Waals surface area contributed by atoms with E-state index in [-0.39, 0.29) is 0 Å². The highest BCUT2D eigenvalue weighted by Gasteiger charge is 2.37. The molecule has 1 aliphatic carbocycles. The van der Waals surface area contributed by atoms with Crippen molar-refractivity contribution in [3.63, 3.8) is 0 Å². The zero-order chi connectivity index (χ0) is 11.1. The fraction of sp³-hybridized carbons (Fsp3) is 0.636. The average Bonchev–Trinajstić information content (AvgIpc) is 2.81. The van der Waals surface area contributed by atoms with Gasteiger partial charge in [-0.25, -0.2) is 9.97 Å². The van der Waals surface area contributed by atoms with Gasteiger partial charge in [-0.3, -0.25) is 0 Å². The monoisotopic (exact) mass is 238 g/mol. The molecule has 1 aromatic rings. The Morgan fingerprint density at radius 2 is 1.94 bits per heavy atom. The van der Waals surface area contributed by atoms with E-state index < -0.39 is 0 Å². The Bertz CT molecular complexity index is 397. The normalized spacial score (nSPS) is 28.4. The first-order valence-corrected chi connectivity index (χ1v) is 6.14. The van der Waals surface area contributed by atoms with Gasteiger partial charge in [0.05, 0.1) is 0 Å². The lowest BCUT2D eigenvalue weighted by atomic mass is 10.0. The molecule has 4 nitrogen and oxygen atoms in total. The fourth-order valence-corrected chi connectivity index (χ4v) is 3.15. The molecule has 2 atom stereocenters. The molecule has 1 saturated carbocycles. The maximum Gasteiger partial charge on any atom is 0.157 e. The highest BCUT2D eigenvalue weighted by molar-refractivity contribution is 6.32. The zero-order valence-corrected chi connectivity index (χ0v) is 9.82. The molecule has 16 heavy (non-hydrogen) atoms. The third kappa shape index (κ3) is 1.52. The number of fused-ring (bicyclic) bond motifs is 1. The van der Waals surface area contributed by atoms with Crippen LogP contribution in [0.15, 0.2) is 6.33 Å². The molecule has 0 amide bonds. The van der Waals surface area contributed by atoms with Gasteiger partial charge in [-0.2, -0.15) is 0 Å². The Labute approximate surface area is 99.8 Å². The molecular formula is C11H15ClN4. The van der Waals surface area contributed by atoms with Crippen molar-refractivity contribution in [2.45, 2.75) is 19.3 Å². The molecule has 86 valence electrons. The van der Waals surface area contributed by atoms with Crippen molar-refractivity contribution in [1.82, 2.24) is 9.97 Å². The topological polar surface area (TPSA) is 55.0 Å². The summed E-state index contributed by atoms with van der Waals surface area (Å²) in [6, 6.07) is 0. The quantitative estimate of drug-likeness (QED) is 0.760. The minimum atomic E-state index is 0.363. The highest BCUT2D eigenvalue weighted by atomic mass is 35.5. The van der Waals surface area contributed by atoms with Gasteiger partial charge in [-0.15, -0.1) is 0 Å². The Balaban J connectivity index is 1.86. The van der Waals surface area contributed by atoms with Crippen molar-refractivity contribution < 1.29 is 0 Å². The first-order chi connectivity index (χ1) is 7.75. The van der Waals surface area contributed by atoms with Crippen LogP contribution in [-0.4, -0.2) is 23.1 Å². The second-order valence-corrected chi connectivity index (χ2v) is 5.12. The Kier molecular flexibility index (Phi) is 2.39. The minimum absolute atomic E-state index is 0.363. The largest absolute Gasteiger partial charge is 0.393 e. The van der Waals surface area contributed by atoms with Gasteiger partial charge in [0.1, 0.15) is 12.0 Å². The summed E-state index contributed by atoms with van der Waals surface area (Å²) >= 11 is 5.91. The van der Waals surface area contributed by atoms with Gasteiger partial charge in [0.2, 0.25) is 0 Å². The summed E-state index contributed by atoms with van der Waals surface area (Å²) in [6.07, 6.45) is 5.56. The number of halogens is 1. The number of aromatic nitrogens is 2. The fourth-order valence-electron chi connectivity index (χ4n) is 3.03. The summed E-state index contributed by atoms with van der Waals surface area (Å²) in [4.78, 5) is 10.4. The number of anilines is 2. The van der Waals surface area contributed by atoms with Crippen molar-refractivity contribution in [2.24, 2.45) is 11.8 Å². The van der Waals surface area contributed by atoms with Crippen molar-refractivity contribution in [3.05, 3.63) is 11.5 Å². The molecule has 3 rings (SSSR count). The Morgan fingerprint density at radius 1 is 1.25 bits per heavy atom. The third-order valence-electron chi connectivity index (χ3n) is 3.84. The van der Waals surface area contributed by atoms with Crippen LogP contribution in [0.25, 0.3) is 0 Å². The molecule has 0 radical (unpaired) electrons. The van der Waals surface area contributed by atoms with Crippen LogP contribution < -0.4 is 10.6 Å². The molecule has 1 saturated heterocycles. The number of nitrogens with zero attached hydrogens (tertiary/aromatic N) is 3. The maximum absolute atomic E-state index is 5.91. The van der Waals surface area contributed by atoms with Crippen molar-refractivity contribution >= 4 is 23.1 Å². The smallest absolute Gasteiger partial charge is 0.157 e. The van der Waals surface area contributed by atoms with E-state index >= 15 is 0 Å². The molecule has 0 aromatic carbocycles. The molecule has 2 aliphatic rings. The van der Waals surface area contributed by atoms with E-state index in [2.05, 4.69) is 14.9 Å². The van der Waals surface area contributed by atoms with E-state index in [9.17, 15) is 0 Å². The van der Waals surface area contributed by atoms with E-state index in [4.69, 9.17) is 17.3 Å². The van der Waals surface area contributed by atoms with E-state index in [0.717, 1.165) is 30.7 Å². The molecule has 0 bridgehead atoms. The number of rotatable bonds is 1. The van der Waals surface area contributed by atoms with Crippen molar-refractivity contribution in [2.75, 3.05) is 23.7 Å². The molecule has 0 spiro atoms. The Hall–Kier alpha value is -1.03. The van der Waals surface area contributed by atoms with E-state index in [1.54, 1.807) is 0 Å². The summed E-state index contributed by atoms with van der Waals surface area (Å²) in [6.45, 7) is 2.14. The van der Waals surface area contributed by atoms with Gasteiger partial charge in [-0.05, 0) is 24.7 Å². The van der Waals surface area contributed by atoms with Crippen LogP contribution in [0.3, 0.4) is 0 Å². The van der Waals surface area contributed by atoms with Crippen LogP contribution in [0, 0.1) is 11.8 Å². The molecular weight excluding hydrogens is 224 g/mol. The first kappa shape index (κ1) is 10.1. The predicted molar refractivity (Wildman–Crippen MR) is 64.5 cm³/mol. The van der Waals surface area contributed by atoms with Crippen LogP contribution in [0.2, 0.25) is 5.15 Å². The van der Waals surface area contributed by atoms with E-state index in [0.29, 0.717) is 10.8 Å². The van der Waals surface area contributed by atoms with Gasteiger partial charge in [-0.1, -0.05) is 18.0 Å². The number of nitrogen functional groups attached to an aromatic ring is 1. The van der Waals surface area contributed by atoms with Crippen LogP contribution in [0.5, 0.6) is 0 Å². The number of hydrogen-bond donors (Lipinski definition) is 1. The predicted octanol–water partition coefficient (Wildman–Crippen LogP) is 1.95. The van der Waals surface area contributed by atoms with Gasteiger partial charge < -0.3 is 10.6 Å². The zero-order valence-electron chi connectivity index (χ0n) is 9.06. The van der Waals surface area contributed by atoms with Gasteiger partial charge >= 0.3 is 0 Å². The number of nitrogens with two attached hydrogens (primary N) is 1. The lowest BCUT2D eigenvalue weighted by molar-refractivity contribution is 0.494. The molecule has 2 N–H and O–H groups in total. The number of hydrogen-bond acceptors (Lipinski definition) is 4. The summed E-state index contributed by atoms with van der Waals surface area (Å²) in [5, 5.41) is 0.363. The summed E-state index contributed by atoms with van der Waals surface area (Å²) in [5.74, 6) is 2.47. The van der Waals surface area contributed by atoms with Crippen LogP contribution in [-0.2, 0) is 0 Å². The highest BCUT2D eigenvalue weighted by Crippen LogP contribution is 2.40. The molecule has 1 aromatic heterocycles. The summed E-state index contributed by atoms with van der Waals surface area (Å²) in [7, 11) is 0. The lowest BCUT2D eigenvalue weighted by Crippen LogP contribution is -2.23. The lowest BCUT2D eigenvalue weighted by Gasteiger charge is -2.19. The molecule has 1 aliphatic heterocycles. The summed E-state index contributed by atoms with van der Waals surface area (Å²) in [5.41, 5.74) is 6.43. The standard InChI is InChI=1S/C11H15ClN4/c12-10-9(13)11(15-6-14-10)16-4-7-2-1-3-8(7)5-16/h6-8H,1-5,13H2. The second-order valence-electron chi connectivity index (χ2n) is 4.76. The molecule has 2 fully saturated rings. The molecule has 5 heteroatoms. The first-order valence-electron chi connectivity index (χ1n) is 5.76. The maximum atomic E-state index is 5.91. The third-order valence-corrected chi connectivity index (χ3v) is 4.14. The van der Waals surface area contributed by atoms with E-state index in [1.807, 2.05) is 0 Å². The summed E-state index contributed by atoms with van der Waals surface area (Å²) < 4.78 is 0. The van der Waals surface area contributed by atoms with Gasteiger partial charge in [0.15, 0.2) is 11.0 Å². The Morgan fingerprint density at radius 3 is 2.62 bits per heavy atom. The van der Waals surface area contributed by atoms with Gasteiger partial charge in [0, 0.05) is 13.1 Å².